The average Bonchev–Trinajstić information content (AvgIpc) is 2.71. The molecule has 1 unspecified atom stereocenters. The van der Waals surface area contributed by atoms with E-state index in [9.17, 15) is 4.79 Å². The van der Waals surface area contributed by atoms with E-state index in [2.05, 4.69) is 5.32 Å². The molecule has 0 saturated carbocycles. The Balaban J connectivity index is 2.16. The van der Waals surface area contributed by atoms with Crippen LogP contribution in [0.2, 0.25) is 0 Å². The first-order valence-electron chi connectivity index (χ1n) is 8.86. The highest BCUT2D eigenvalue weighted by Gasteiger charge is 2.15. The van der Waals surface area contributed by atoms with Gasteiger partial charge >= 0.3 is 0 Å². The van der Waals surface area contributed by atoms with Gasteiger partial charge in [-0.2, -0.15) is 0 Å². The third-order valence-corrected chi connectivity index (χ3v) is 4.45. The van der Waals surface area contributed by atoms with Gasteiger partial charge in [-0.05, 0) is 61.4 Å². The van der Waals surface area contributed by atoms with Crippen LogP contribution in [0.25, 0.3) is 6.08 Å². The van der Waals surface area contributed by atoms with Crippen molar-refractivity contribution in [1.29, 1.82) is 0 Å². The third-order valence-electron chi connectivity index (χ3n) is 4.45. The van der Waals surface area contributed by atoms with Crippen molar-refractivity contribution in [3.63, 3.8) is 0 Å². The molecule has 0 saturated heterocycles. The molecule has 150 valence electrons. The number of rotatable bonds is 8. The summed E-state index contributed by atoms with van der Waals surface area (Å²) >= 11 is 0. The fourth-order valence-electron chi connectivity index (χ4n) is 2.94. The second-order valence-corrected chi connectivity index (χ2v) is 6.24. The molecule has 2 aromatic carbocycles. The lowest BCUT2D eigenvalue weighted by molar-refractivity contribution is -0.117. The molecule has 2 rings (SSSR count). The molecular weight excluding hydrogens is 358 g/mol. The summed E-state index contributed by atoms with van der Waals surface area (Å²) in [5, 5.41) is 2.97. The highest BCUT2D eigenvalue weighted by molar-refractivity contribution is 5.92. The van der Waals surface area contributed by atoms with E-state index >= 15 is 0 Å². The van der Waals surface area contributed by atoms with Crippen LogP contribution in [0, 0.1) is 6.92 Å². The third kappa shape index (κ3) is 4.97. The van der Waals surface area contributed by atoms with Crippen molar-refractivity contribution in [2.75, 3.05) is 28.4 Å². The maximum atomic E-state index is 12.4. The molecule has 0 spiro atoms. The number of ether oxygens (including phenoxy) is 4. The monoisotopic (exact) mass is 385 g/mol. The minimum Gasteiger partial charge on any atom is -0.497 e. The van der Waals surface area contributed by atoms with Gasteiger partial charge < -0.3 is 24.3 Å². The number of methoxy groups -OCH3 is 4. The lowest BCUT2D eigenvalue weighted by Crippen LogP contribution is -2.25. The van der Waals surface area contributed by atoms with Crippen molar-refractivity contribution in [3.05, 3.63) is 53.1 Å². The van der Waals surface area contributed by atoms with E-state index in [1.807, 2.05) is 32.0 Å². The first kappa shape index (κ1) is 21.2. The standard InChI is InChI=1S/C22H27NO5/c1-14-11-20(27-5)21(28-6)13-18(14)15(2)23-22(24)10-7-16-12-17(25-3)8-9-19(16)26-4/h7-13,15H,1-6H3,(H,23,24)/b10-7+. The second-order valence-electron chi connectivity index (χ2n) is 6.24. The zero-order chi connectivity index (χ0) is 20.7. The Kier molecular flexibility index (Phi) is 7.32. The van der Waals surface area contributed by atoms with Gasteiger partial charge in [0, 0.05) is 11.6 Å². The summed E-state index contributed by atoms with van der Waals surface area (Å²) in [6.07, 6.45) is 3.18. The molecule has 2 aromatic rings. The molecule has 1 amide bonds. The molecule has 6 nitrogen and oxygen atoms in total. The maximum absolute atomic E-state index is 12.4. The van der Waals surface area contributed by atoms with Gasteiger partial charge in [-0.1, -0.05) is 0 Å². The van der Waals surface area contributed by atoms with Gasteiger partial charge in [0.25, 0.3) is 0 Å². The molecule has 28 heavy (non-hydrogen) atoms. The summed E-state index contributed by atoms with van der Waals surface area (Å²) in [7, 11) is 6.36. The van der Waals surface area contributed by atoms with Crippen LogP contribution in [0.4, 0.5) is 0 Å². The van der Waals surface area contributed by atoms with Crippen LogP contribution in [0.1, 0.15) is 29.7 Å². The van der Waals surface area contributed by atoms with Gasteiger partial charge in [-0.3, -0.25) is 4.79 Å². The summed E-state index contributed by atoms with van der Waals surface area (Å²) < 4.78 is 21.2. The van der Waals surface area contributed by atoms with E-state index in [1.165, 1.54) is 6.08 Å². The number of carbonyl (C=O) groups excluding carboxylic acids is 1. The Hall–Kier alpha value is -3.15. The molecule has 0 aliphatic heterocycles. The Bertz CT molecular complexity index is 860. The van der Waals surface area contributed by atoms with Crippen LogP contribution in [-0.2, 0) is 4.79 Å². The predicted octanol–water partition coefficient (Wildman–Crippen LogP) is 3.92. The molecule has 6 heteroatoms. The van der Waals surface area contributed by atoms with Gasteiger partial charge in [0.1, 0.15) is 11.5 Å². The lowest BCUT2D eigenvalue weighted by atomic mass is 10.0. The number of hydrogen-bond donors (Lipinski definition) is 1. The minimum absolute atomic E-state index is 0.204. The predicted molar refractivity (Wildman–Crippen MR) is 109 cm³/mol. The molecule has 0 bridgehead atoms. The van der Waals surface area contributed by atoms with Gasteiger partial charge in [0.2, 0.25) is 5.91 Å². The Morgan fingerprint density at radius 2 is 1.57 bits per heavy atom. The van der Waals surface area contributed by atoms with Crippen LogP contribution in [-0.4, -0.2) is 34.3 Å². The molecule has 0 aliphatic rings. The molecule has 0 aliphatic carbocycles. The van der Waals surface area contributed by atoms with Crippen molar-refractivity contribution in [1.82, 2.24) is 5.32 Å². The normalized spacial score (nSPS) is 11.8. The molecule has 0 fully saturated rings. The molecule has 1 N–H and O–H groups in total. The van der Waals surface area contributed by atoms with Crippen molar-refractivity contribution in [2.45, 2.75) is 19.9 Å². The smallest absolute Gasteiger partial charge is 0.244 e. The molecule has 0 aromatic heterocycles. The fourth-order valence-corrected chi connectivity index (χ4v) is 2.94. The number of hydrogen-bond acceptors (Lipinski definition) is 5. The Morgan fingerprint density at radius 1 is 0.929 bits per heavy atom. The largest absolute Gasteiger partial charge is 0.497 e. The maximum Gasteiger partial charge on any atom is 0.244 e. The molecular formula is C22H27NO5. The number of aryl methyl sites for hydroxylation is 1. The van der Waals surface area contributed by atoms with Crippen molar-refractivity contribution >= 4 is 12.0 Å². The number of amides is 1. The van der Waals surface area contributed by atoms with Gasteiger partial charge in [0.05, 0.1) is 34.5 Å². The minimum atomic E-state index is -0.216. The Labute approximate surface area is 166 Å². The van der Waals surface area contributed by atoms with E-state index in [0.29, 0.717) is 23.0 Å². The summed E-state index contributed by atoms with van der Waals surface area (Å²) in [5.74, 6) is 2.42. The molecule has 0 heterocycles. The van der Waals surface area contributed by atoms with E-state index in [-0.39, 0.29) is 11.9 Å². The summed E-state index contributed by atoms with van der Waals surface area (Å²) in [6, 6.07) is 8.99. The molecule has 1 atom stereocenters. The fraction of sp³-hybridized carbons (Fsp3) is 0.318. The average molecular weight is 385 g/mol. The Morgan fingerprint density at radius 3 is 2.18 bits per heavy atom. The SMILES string of the molecule is COc1ccc(OC)c(/C=C/C(=O)NC(C)c2cc(OC)c(OC)cc2C)c1. The topological polar surface area (TPSA) is 66.0 Å². The van der Waals surface area contributed by atoms with Crippen molar-refractivity contribution in [2.24, 2.45) is 0 Å². The second kappa shape index (κ2) is 9.69. The van der Waals surface area contributed by atoms with Crippen LogP contribution < -0.4 is 24.3 Å². The van der Waals surface area contributed by atoms with Crippen LogP contribution in [0.5, 0.6) is 23.0 Å². The first-order valence-corrected chi connectivity index (χ1v) is 8.86. The zero-order valence-electron chi connectivity index (χ0n) is 17.2. The number of benzene rings is 2. The van der Waals surface area contributed by atoms with Gasteiger partial charge in [-0.25, -0.2) is 0 Å². The van der Waals surface area contributed by atoms with E-state index < -0.39 is 0 Å². The highest BCUT2D eigenvalue weighted by atomic mass is 16.5. The summed E-state index contributed by atoms with van der Waals surface area (Å²) in [5.41, 5.74) is 2.72. The summed E-state index contributed by atoms with van der Waals surface area (Å²) in [4.78, 5) is 12.4. The highest BCUT2D eigenvalue weighted by Crippen LogP contribution is 2.33. The lowest BCUT2D eigenvalue weighted by Gasteiger charge is -2.18. The van der Waals surface area contributed by atoms with E-state index in [1.54, 1.807) is 46.6 Å². The number of nitrogens with one attached hydrogen (secondary N) is 1. The van der Waals surface area contributed by atoms with Gasteiger partial charge in [0.15, 0.2) is 11.5 Å². The van der Waals surface area contributed by atoms with Crippen molar-refractivity contribution in [3.8, 4) is 23.0 Å². The quantitative estimate of drug-likeness (QED) is 0.698. The molecule has 0 radical (unpaired) electrons. The first-order chi connectivity index (χ1) is 13.4. The van der Waals surface area contributed by atoms with Gasteiger partial charge in [-0.15, -0.1) is 0 Å². The number of carbonyl (C=O) groups is 1. The van der Waals surface area contributed by atoms with E-state index in [0.717, 1.165) is 16.7 Å². The van der Waals surface area contributed by atoms with E-state index in [4.69, 9.17) is 18.9 Å². The zero-order valence-corrected chi connectivity index (χ0v) is 17.2. The summed E-state index contributed by atoms with van der Waals surface area (Å²) in [6.45, 7) is 3.89. The van der Waals surface area contributed by atoms with Crippen molar-refractivity contribution < 1.29 is 23.7 Å². The van der Waals surface area contributed by atoms with Crippen LogP contribution in [0.3, 0.4) is 0 Å². The van der Waals surface area contributed by atoms with Crippen LogP contribution >= 0.6 is 0 Å². The van der Waals surface area contributed by atoms with Crippen LogP contribution in [0.15, 0.2) is 36.4 Å².